The van der Waals surface area contributed by atoms with Crippen molar-refractivity contribution in [3.8, 4) is 0 Å². The van der Waals surface area contributed by atoms with Gasteiger partial charge in [0.2, 0.25) is 11.8 Å². The van der Waals surface area contributed by atoms with E-state index in [1.165, 1.54) is 0 Å². The topological polar surface area (TPSA) is 105 Å². The minimum Gasteiger partial charge on any atom is -0.481 e. The summed E-state index contributed by atoms with van der Waals surface area (Å²) in [5.41, 5.74) is 0. The molecular weight excluding hydrogens is 385 g/mol. The number of carboxylic acid groups (broad SMARTS) is 1. The van der Waals surface area contributed by atoms with Gasteiger partial charge in [-0.15, -0.1) is 0 Å². The Morgan fingerprint density at radius 3 is 2.28 bits per heavy atom. The van der Waals surface area contributed by atoms with E-state index in [9.17, 15) is 14.4 Å². The van der Waals surface area contributed by atoms with Crippen LogP contribution in [0.1, 0.15) is 38.5 Å². The summed E-state index contributed by atoms with van der Waals surface area (Å²) in [6, 6.07) is 0.459. The average Bonchev–Trinajstić information content (AvgIpc) is 3.10. The fraction of sp³-hybridized carbons (Fsp3) is 0.850. The van der Waals surface area contributed by atoms with Crippen LogP contribution in [0.5, 0.6) is 0 Å². The van der Waals surface area contributed by atoms with Crippen LogP contribution in [0.15, 0.2) is 0 Å². The van der Waals surface area contributed by atoms with E-state index in [4.69, 9.17) is 5.11 Å². The van der Waals surface area contributed by atoms with Crippen LogP contribution in [0.25, 0.3) is 0 Å². The van der Waals surface area contributed by atoms with E-state index in [1.54, 1.807) is 0 Å². The maximum Gasteiger partial charge on any atom is 0.303 e. The smallest absolute Gasteiger partial charge is 0.303 e. The summed E-state index contributed by atoms with van der Waals surface area (Å²) >= 11 is 0. The molecule has 166 valence electrons. The molecule has 2 rings (SSSR count). The highest BCUT2D eigenvalue weighted by molar-refractivity contribution is 5.78. The van der Waals surface area contributed by atoms with Crippen LogP contribution in [-0.4, -0.2) is 110 Å². The number of hydrogen-bond acceptors (Lipinski definition) is 6. The number of carbonyl (C=O) groups is 3. The molecule has 1 unspecified atom stereocenters. The number of piperazine rings is 1. The van der Waals surface area contributed by atoms with E-state index in [-0.39, 0.29) is 18.2 Å². The average molecular weight is 422 g/mol. The lowest BCUT2D eigenvalue weighted by Gasteiger charge is -2.36. The van der Waals surface area contributed by atoms with E-state index < -0.39 is 5.97 Å². The van der Waals surface area contributed by atoms with Crippen molar-refractivity contribution in [3.63, 3.8) is 0 Å². The van der Waals surface area contributed by atoms with Crippen molar-refractivity contribution in [2.75, 3.05) is 66.0 Å². The predicted molar refractivity (Wildman–Crippen MR) is 111 cm³/mol. The van der Waals surface area contributed by atoms with E-state index >= 15 is 0 Å². The molecule has 0 aliphatic carbocycles. The monoisotopic (exact) mass is 422 g/mol. The fourth-order valence-electron chi connectivity index (χ4n) is 3.91. The first-order chi connectivity index (χ1) is 13.9. The minimum absolute atomic E-state index is 0.0251. The van der Waals surface area contributed by atoms with Crippen LogP contribution in [0, 0.1) is 0 Å². The molecule has 0 aromatic rings. The van der Waals surface area contributed by atoms with Crippen molar-refractivity contribution in [1.82, 2.24) is 25.3 Å². The molecule has 9 nitrogen and oxygen atoms in total. The zero-order valence-electron chi connectivity index (χ0n) is 17.7. The Morgan fingerprint density at radius 1 is 0.931 bits per heavy atom. The number of likely N-dealkylation sites (N-methyl/N-ethyl adjacent to an activating group) is 1. The SMILES string of the molecule is CN1[13CH2][13CH2][15N]([13CH2][13CH]2[13CH2][13CH2][13CH2][15N]2CC(=O)NCCCC(=O)NCCCC(=O)O)[13CH2][13CH2]1. The second-order valence-electron chi connectivity index (χ2n) is 8.17. The molecule has 2 heterocycles. The number of amides is 2. The maximum atomic E-state index is 12.3. The van der Waals surface area contributed by atoms with Gasteiger partial charge in [0.25, 0.3) is 0 Å². The van der Waals surface area contributed by atoms with Gasteiger partial charge in [-0.2, -0.15) is 0 Å². The summed E-state index contributed by atoms with van der Waals surface area (Å²) in [5, 5.41) is 14.2. The first-order valence-corrected chi connectivity index (χ1v) is 10.8. The molecule has 0 aromatic carbocycles. The summed E-state index contributed by atoms with van der Waals surface area (Å²) in [6.45, 7) is 7.74. The van der Waals surface area contributed by atoms with Crippen molar-refractivity contribution in [2.24, 2.45) is 0 Å². The normalized spacial score (nSPS) is 21.2. The standard InChI is InChI=1S/C20H37N5O4/c1-23-11-13-24(14-12-23)15-17-5-4-10-25(17)16-19(27)22-8-2-6-18(26)21-9-3-7-20(28)29/h17H,2-16H2,1H3,(H,21,26)(H,22,27)(H,28,29)/i4+1,5+1,10+1,11+1,12+1,13+1,14+1,15+1,17+1,24+1,25+1. The zero-order chi connectivity index (χ0) is 21.1. The quantitative estimate of drug-likeness (QED) is 0.223. The van der Waals surface area contributed by atoms with E-state index in [0.29, 0.717) is 44.9 Å². The van der Waals surface area contributed by atoms with E-state index in [2.05, 4.69) is 32.4 Å². The number of nitrogens with zero attached hydrogens (tertiary/aromatic N) is 3. The molecule has 0 saturated carbocycles. The van der Waals surface area contributed by atoms with E-state index in [0.717, 1.165) is 52.1 Å². The van der Waals surface area contributed by atoms with Crippen molar-refractivity contribution >= 4 is 17.8 Å². The zero-order valence-corrected chi connectivity index (χ0v) is 17.7. The van der Waals surface area contributed by atoms with Gasteiger partial charge >= 0.3 is 5.97 Å². The third-order valence-electron chi connectivity index (χ3n) is 5.70. The molecule has 0 spiro atoms. The molecule has 0 radical (unpaired) electrons. The van der Waals surface area contributed by atoms with Crippen molar-refractivity contribution in [1.29, 1.82) is 0 Å². The van der Waals surface area contributed by atoms with Crippen LogP contribution in [0.3, 0.4) is 0 Å². The van der Waals surface area contributed by atoms with Crippen LogP contribution < -0.4 is 10.6 Å². The lowest BCUT2D eigenvalue weighted by Crippen LogP contribution is -2.50. The summed E-state index contributed by atoms with van der Waals surface area (Å²) in [5.74, 6) is -0.931. The van der Waals surface area contributed by atoms with Gasteiger partial charge in [0.15, 0.2) is 0 Å². The van der Waals surface area contributed by atoms with Crippen molar-refractivity contribution < 1.29 is 19.5 Å². The Bertz CT molecular complexity index is 537. The summed E-state index contributed by atoms with van der Waals surface area (Å²) in [6.07, 6.45) is 3.71. The molecule has 3 N–H and O–H groups in total. The van der Waals surface area contributed by atoms with E-state index in [1.807, 2.05) is 0 Å². The number of rotatable bonds is 12. The first kappa shape index (κ1) is 23.6. The molecule has 2 saturated heterocycles. The first-order valence-electron chi connectivity index (χ1n) is 10.8. The Morgan fingerprint density at radius 2 is 1.59 bits per heavy atom. The molecular formula is C20H37N5O4. The molecule has 2 aliphatic heterocycles. The van der Waals surface area contributed by atoms with Gasteiger partial charge in [-0.25, -0.2) is 0 Å². The van der Waals surface area contributed by atoms with Gasteiger partial charge < -0.3 is 20.6 Å². The van der Waals surface area contributed by atoms with Crippen molar-refractivity contribution in [2.45, 2.75) is 44.6 Å². The molecule has 9 heteroatoms. The Balaban J connectivity index is 1.55. The maximum absolute atomic E-state index is 12.3. The molecule has 2 aliphatic rings. The predicted octanol–water partition coefficient (Wildman–Crippen LogP) is -0.424. The third-order valence-corrected chi connectivity index (χ3v) is 5.70. The van der Waals surface area contributed by atoms with Crippen LogP contribution in [-0.2, 0) is 14.4 Å². The lowest BCUT2D eigenvalue weighted by atomic mass is 10.2. The van der Waals surface area contributed by atoms with Gasteiger partial charge in [-0.1, -0.05) is 0 Å². The minimum atomic E-state index is -0.856. The molecule has 29 heavy (non-hydrogen) atoms. The van der Waals surface area contributed by atoms with Crippen molar-refractivity contribution in [3.05, 3.63) is 0 Å². The highest BCUT2D eigenvalue weighted by atomic mass is 16.4. The largest absolute Gasteiger partial charge is 0.481 e. The second kappa shape index (κ2) is 12.8. The molecule has 2 amide bonds. The van der Waals surface area contributed by atoms with Gasteiger partial charge in [0.05, 0.1) is 6.54 Å². The molecule has 2 fully saturated rings. The number of nitrogens with one attached hydrogen (secondary N) is 2. The fourth-order valence-corrected chi connectivity index (χ4v) is 3.91. The number of aliphatic carboxylic acids is 1. The number of carboxylic acids is 1. The van der Waals surface area contributed by atoms with Crippen LogP contribution in [0.2, 0.25) is 0 Å². The number of likely N-dealkylation sites (tertiary alicyclic amines) is 1. The van der Waals surface area contributed by atoms with Crippen LogP contribution >= 0.6 is 0 Å². The number of carbonyl (C=O) groups excluding carboxylic acids is 2. The van der Waals surface area contributed by atoms with Gasteiger partial charge in [-0.05, 0) is 39.3 Å². The molecule has 0 bridgehead atoms. The second-order valence-corrected chi connectivity index (χ2v) is 8.17. The highest BCUT2D eigenvalue weighted by Crippen LogP contribution is 2.18. The van der Waals surface area contributed by atoms with Gasteiger partial charge in [-0.3, -0.25) is 24.2 Å². The molecule has 1 atom stereocenters. The summed E-state index contributed by atoms with van der Waals surface area (Å²) in [4.78, 5) is 41.5. The molecule has 0 aromatic heterocycles. The van der Waals surface area contributed by atoms with Gasteiger partial charge in [0, 0.05) is 64.7 Å². The lowest BCUT2D eigenvalue weighted by molar-refractivity contribution is -0.137. The highest BCUT2D eigenvalue weighted by Gasteiger charge is 2.28. The third kappa shape index (κ3) is 9.56. The van der Waals surface area contributed by atoms with Gasteiger partial charge in [0.1, 0.15) is 0 Å². The number of hydrogen-bond donors (Lipinski definition) is 3. The Hall–Kier alpha value is -1.71. The van der Waals surface area contributed by atoms with Crippen LogP contribution in [0.4, 0.5) is 0 Å². The summed E-state index contributed by atoms with van der Waals surface area (Å²) < 4.78 is 0. The Kier molecular flexibility index (Phi) is 10.4. The summed E-state index contributed by atoms with van der Waals surface area (Å²) in [7, 11) is 2.16. The Labute approximate surface area is 173 Å².